The predicted molar refractivity (Wildman–Crippen MR) is 99.7 cm³/mol. The number of aromatic nitrogens is 2. The van der Waals surface area contributed by atoms with E-state index in [-0.39, 0.29) is 12.5 Å². The van der Waals surface area contributed by atoms with Crippen LogP contribution in [0.2, 0.25) is 0 Å². The van der Waals surface area contributed by atoms with Crippen molar-refractivity contribution in [2.75, 3.05) is 11.9 Å². The van der Waals surface area contributed by atoms with Gasteiger partial charge in [0.05, 0.1) is 10.9 Å². The first kappa shape index (κ1) is 18.5. The molecular formula is C17H12BrF2N3O2S. The van der Waals surface area contributed by atoms with E-state index in [9.17, 15) is 13.6 Å². The van der Waals surface area contributed by atoms with Gasteiger partial charge in [-0.1, -0.05) is 27.7 Å². The van der Waals surface area contributed by atoms with Crippen LogP contribution in [-0.4, -0.2) is 28.2 Å². The van der Waals surface area contributed by atoms with Crippen LogP contribution in [0.1, 0.15) is 0 Å². The van der Waals surface area contributed by atoms with E-state index in [1.807, 2.05) is 18.2 Å². The molecule has 0 fully saturated rings. The number of nitrogens with zero attached hydrogens (tertiary/aromatic N) is 2. The van der Waals surface area contributed by atoms with Gasteiger partial charge in [0, 0.05) is 15.1 Å². The third-order valence-electron chi connectivity index (χ3n) is 3.26. The van der Waals surface area contributed by atoms with Crippen LogP contribution in [0.4, 0.5) is 14.5 Å². The highest BCUT2D eigenvalue weighted by atomic mass is 79.9. The lowest BCUT2D eigenvalue weighted by Gasteiger charge is -2.09. The lowest BCUT2D eigenvalue weighted by Crippen LogP contribution is -2.20. The molecule has 134 valence electrons. The molecule has 1 heterocycles. The van der Waals surface area contributed by atoms with Gasteiger partial charge in [0.2, 0.25) is 5.88 Å². The summed E-state index contributed by atoms with van der Waals surface area (Å²) < 4.78 is 30.9. The molecule has 0 aliphatic rings. The molecule has 0 atom stereocenters. The summed E-state index contributed by atoms with van der Waals surface area (Å²) in [7, 11) is 0. The summed E-state index contributed by atoms with van der Waals surface area (Å²) in [5, 5.41) is 3.32. The van der Waals surface area contributed by atoms with Crippen LogP contribution in [0.5, 0.6) is 5.88 Å². The highest BCUT2D eigenvalue weighted by molar-refractivity contribution is 9.10. The van der Waals surface area contributed by atoms with E-state index in [0.29, 0.717) is 39.1 Å². The zero-order chi connectivity index (χ0) is 18.5. The fourth-order valence-electron chi connectivity index (χ4n) is 2.17. The van der Waals surface area contributed by atoms with E-state index in [4.69, 9.17) is 4.74 Å². The van der Waals surface area contributed by atoms with Crippen LogP contribution in [0.15, 0.2) is 58.2 Å². The molecule has 5 nitrogen and oxygen atoms in total. The van der Waals surface area contributed by atoms with Gasteiger partial charge in [0.1, 0.15) is 6.33 Å². The molecule has 0 spiro atoms. The topological polar surface area (TPSA) is 64.1 Å². The maximum absolute atomic E-state index is 12.3. The molecule has 9 heteroatoms. The number of hydrogen-bond acceptors (Lipinski definition) is 5. The van der Waals surface area contributed by atoms with Crippen molar-refractivity contribution < 1.29 is 18.3 Å². The van der Waals surface area contributed by atoms with Gasteiger partial charge in [-0.2, -0.15) is 8.78 Å². The van der Waals surface area contributed by atoms with Crippen LogP contribution in [-0.2, 0) is 4.79 Å². The molecule has 0 radical (unpaired) electrons. The molecule has 0 bridgehead atoms. The van der Waals surface area contributed by atoms with Crippen molar-refractivity contribution in [1.29, 1.82) is 0 Å². The van der Waals surface area contributed by atoms with Crippen molar-refractivity contribution in [2.24, 2.45) is 0 Å². The van der Waals surface area contributed by atoms with Crippen LogP contribution in [0.3, 0.4) is 0 Å². The number of amides is 1. The van der Waals surface area contributed by atoms with Crippen molar-refractivity contribution >= 4 is 50.2 Å². The maximum Gasteiger partial charge on any atom is 0.288 e. The van der Waals surface area contributed by atoms with Crippen molar-refractivity contribution in [1.82, 2.24) is 9.97 Å². The minimum Gasteiger partial charge on any atom is -0.467 e. The molecule has 2 aromatic carbocycles. The number of halogens is 3. The van der Waals surface area contributed by atoms with Gasteiger partial charge in [0.15, 0.2) is 6.61 Å². The molecule has 1 amide bonds. The number of rotatable bonds is 6. The van der Waals surface area contributed by atoms with Crippen LogP contribution >= 0.6 is 27.7 Å². The Morgan fingerprint density at radius 1 is 1.19 bits per heavy atom. The van der Waals surface area contributed by atoms with E-state index in [1.165, 1.54) is 18.5 Å². The Balaban J connectivity index is 1.62. The van der Waals surface area contributed by atoms with Gasteiger partial charge in [0.25, 0.3) is 11.7 Å². The van der Waals surface area contributed by atoms with Crippen molar-refractivity contribution in [3.63, 3.8) is 0 Å². The predicted octanol–water partition coefficient (Wildman–Crippen LogP) is 4.72. The molecular weight excluding hydrogens is 428 g/mol. The summed E-state index contributed by atoms with van der Waals surface area (Å²) >= 11 is 3.82. The average molecular weight is 440 g/mol. The SMILES string of the molecule is O=C(COc1ncnc2ccc(Br)cc12)Nc1ccc(SC(F)F)cc1. The number of ether oxygens (including phenoxy) is 1. The summed E-state index contributed by atoms with van der Waals surface area (Å²) in [6, 6.07) is 11.6. The van der Waals surface area contributed by atoms with Gasteiger partial charge < -0.3 is 10.1 Å². The van der Waals surface area contributed by atoms with Gasteiger partial charge in [-0.3, -0.25) is 4.79 Å². The molecule has 0 saturated heterocycles. The first-order valence-corrected chi connectivity index (χ1v) is 9.06. The molecule has 26 heavy (non-hydrogen) atoms. The van der Waals surface area contributed by atoms with Crippen LogP contribution < -0.4 is 10.1 Å². The monoisotopic (exact) mass is 439 g/mol. The quantitative estimate of drug-likeness (QED) is 0.562. The smallest absolute Gasteiger partial charge is 0.288 e. The number of anilines is 1. The Morgan fingerprint density at radius 3 is 2.69 bits per heavy atom. The Bertz CT molecular complexity index is 926. The molecule has 3 aromatic rings. The number of nitrogens with one attached hydrogen (secondary N) is 1. The van der Waals surface area contributed by atoms with Crippen LogP contribution in [0.25, 0.3) is 10.9 Å². The van der Waals surface area contributed by atoms with E-state index in [2.05, 4.69) is 31.2 Å². The molecule has 3 rings (SSSR count). The van der Waals surface area contributed by atoms with Gasteiger partial charge in [-0.05, 0) is 42.5 Å². The normalized spacial score (nSPS) is 10.9. The third-order valence-corrected chi connectivity index (χ3v) is 4.48. The first-order chi connectivity index (χ1) is 12.5. The summed E-state index contributed by atoms with van der Waals surface area (Å²) in [6.45, 7) is -0.244. The highest BCUT2D eigenvalue weighted by Crippen LogP contribution is 2.26. The average Bonchev–Trinajstić information content (AvgIpc) is 2.61. The molecule has 0 aliphatic heterocycles. The van der Waals surface area contributed by atoms with E-state index < -0.39 is 5.76 Å². The Kier molecular flexibility index (Phi) is 6.00. The molecule has 0 aliphatic carbocycles. The van der Waals surface area contributed by atoms with Crippen molar-refractivity contribution in [3.05, 3.63) is 53.3 Å². The second-order valence-corrected chi connectivity index (χ2v) is 7.06. The van der Waals surface area contributed by atoms with E-state index >= 15 is 0 Å². The second kappa shape index (κ2) is 8.41. The third kappa shape index (κ3) is 4.89. The van der Waals surface area contributed by atoms with E-state index in [0.717, 1.165) is 4.47 Å². The zero-order valence-corrected chi connectivity index (χ0v) is 15.6. The van der Waals surface area contributed by atoms with Crippen LogP contribution in [0, 0.1) is 0 Å². The molecule has 0 saturated carbocycles. The number of fused-ring (bicyclic) bond motifs is 1. The largest absolute Gasteiger partial charge is 0.467 e. The number of carbonyl (C=O) groups excluding carboxylic acids is 1. The van der Waals surface area contributed by atoms with E-state index in [1.54, 1.807) is 12.1 Å². The fourth-order valence-corrected chi connectivity index (χ4v) is 3.03. The van der Waals surface area contributed by atoms with Gasteiger partial charge in [-0.15, -0.1) is 0 Å². The minimum atomic E-state index is -2.48. The standard InChI is InChI=1S/C17H12BrF2N3O2S/c18-10-1-6-14-13(7-10)16(22-9-21-14)25-8-15(24)23-11-2-4-12(5-3-11)26-17(19)20/h1-7,9,17H,8H2,(H,23,24). The summed E-state index contributed by atoms with van der Waals surface area (Å²) in [5.41, 5.74) is 1.19. The number of benzene rings is 2. The lowest BCUT2D eigenvalue weighted by atomic mass is 10.2. The van der Waals surface area contributed by atoms with Gasteiger partial charge in [-0.25, -0.2) is 9.97 Å². The molecule has 0 unspecified atom stereocenters. The van der Waals surface area contributed by atoms with Gasteiger partial charge >= 0.3 is 0 Å². The summed E-state index contributed by atoms with van der Waals surface area (Å²) in [4.78, 5) is 20.7. The Morgan fingerprint density at radius 2 is 1.96 bits per heavy atom. The first-order valence-electron chi connectivity index (χ1n) is 7.39. The zero-order valence-electron chi connectivity index (χ0n) is 13.2. The Labute approximate surface area is 160 Å². The Hall–Kier alpha value is -2.26. The number of hydrogen-bond donors (Lipinski definition) is 1. The minimum absolute atomic E-state index is 0.244. The second-order valence-electron chi connectivity index (χ2n) is 5.08. The summed E-state index contributed by atoms with van der Waals surface area (Å²) in [6.07, 6.45) is 1.36. The molecule has 1 aromatic heterocycles. The lowest BCUT2D eigenvalue weighted by molar-refractivity contribution is -0.118. The number of thioether (sulfide) groups is 1. The highest BCUT2D eigenvalue weighted by Gasteiger charge is 2.10. The summed E-state index contributed by atoms with van der Waals surface area (Å²) in [5.74, 6) is -2.57. The maximum atomic E-state index is 12.3. The molecule has 1 N–H and O–H groups in total. The van der Waals surface area contributed by atoms with Crippen molar-refractivity contribution in [2.45, 2.75) is 10.7 Å². The number of alkyl halides is 2. The fraction of sp³-hybridized carbons (Fsp3) is 0.118. The number of carbonyl (C=O) groups is 1. The van der Waals surface area contributed by atoms with Crippen molar-refractivity contribution in [3.8, 4) is 5.88 Å².